The summed E-state index contributed by atoms with van der Waals surface area (Å²) in [6.45, 7) is 0.569. The third-order valence-corrected chi connectivity index (χ3v) is 4.04. The average molecular weight is 259 g/mol. The Bertz CT molecular complexity index is 686. The molecule has 0 amide bonds. The Balaban J connectivity index is 2.16. The molecule has 3 aromatic rings. The molecule has 3 aromatic heterocycles. The van der Waals surface area contributed by atoms with Crippen LogP contribution in [-0.2, 0) is 13.2 Å². The first kappa shape index (κ1) is 11.4. The Morgan fingerprint density at radius 1 is 1.39 bits per heavy atom. The molecule has 0 saturated heterocycles. The normalized spacial score (nSPS) is 11.2. The van der Waals surface area contributed by atoms with Gasteiger partial charge in [-0.1, -0.05) is 0 Å². The fraction of sp³-hybridized carbons (Fsp3) is 0.154. The number of aliphatic hydroxyl groups excluding tert-OH is 1. The number of H-pyrrole nitrogens is 1. The van der Waals surface area contributed by atoms with Crippen molar-refractivity contribution in [2.24, 2.45) is 5.73 Å². The lowest BCUT2D eigenvalue weighted by Gasteiger charge is -1.98. The molecule has 3 heterocycles. The van der Waals surface area contributed by atoms with E-state index in [-0.39, 0.29) is 6.61 Å². The Hall–Kier alpha value is -1.69. The van der Waals surface area contributed by atoms with Crippen LogP contribution in [0.3, 0.4) is 0 Å². The third-order valence-electron chi connectivity index (χ3n) is 2.90. The van der Waals surface area contributed by atoms with Gasteiger partial charge in [0.2, 0.25) is 0 Å². The molecule has 4 N–H and O–H groups in total. The first-order chi connectivity index (χ1) is 8.81. The minimum Gasteiger partial charge on any atom is -0.392 e. The summed E-state index contributed by atoms with van der Waals surface area (Å²) in [7, 11) is 0. The maximum absolute atomic E-state index is 9.17. The van der Waals surface area contributed by atoms with Gasteiger partial charge in [0.1, 0.15) is 5.65 Å². The Morgan fingerprint density at radius 2 is 2.28 bits per heavy atom. The highest BCUT2D eigenvalue weighted by Crippen LogP contribution is 2.33. The summed E-state index contributed by atoms with van der Waals surface area (Å²) in [5.41, 5.74) is 8.40. The number of aliphatic hydroxyl groups is 1. The molecule has 0 aliphatic heterocycles. The molecule has 0 aromatic carbocycles. The Kier molecular flexibility index (Phi) is 2.87. The van der Waals surface area contributed by atoms with Gasteiger partial charge in [0.15, 0.2) is 0 Å². The summed E-state index contributed by atoms with van der Waals surface area (Å²) in [5, 5.41) is 10.2. The Labute approximate surface area is 108 Å². The second-order valence-electron chi connectivity index (χ2n) is 4.07. The van der Waals surface area contributed by atoms with Crippen molar-refractivity contribution in [3.05, 3.63) is 41.0 Å². The van der Waals surface area contributed by atoms with Crippen LogP contribution in [0.15, 0.2) is 30.6 Å². The molecule has 0 fully saturated rings. The lowest BCUT2D eigenvalue weighted by molar-refractivity contribution is 0.281. The number of thiophene rings is 1. The van der Waals surface area contributed by atoms with Gasteiger partial charge in [-0.05, 0) is 23.8 Å². The van der Waals surface area contributed by atoms with Crippen LogP contribution < -0.4 is 5.73 Å². The zero-order valence-electron chi connectivity index (χ0n) is 9.68. The molecule has 0 atom stereocenters. The molecule has 0 radical (unpaired) electrons. The predicted octanol–water partition coefficient (Wildman–Crippen LogP) is 2.24. The lowest BCUT2D eigenvalue weighted by atomic mass is 10.1. The van der Waals surface area contributed by atoms with E-state index in [2.05, 4.69) is 16.0 Å². The monoisotopic (exact) mass is 259 g/mol. The molecule has 0 aliphatic carbocycles. The van der Waals surface area contributed by atoms with Crippen molar-refractivity contribution in [1.82, 2.24) is 9.97 Å². The topological polar surface area (TPSA) is 74.9 Å². The van der Waals surface area contributed by atoms with E-state index in [1.54, 1.807) is 17.5 Å². The van der Waals surface area contributed by atoms with E-state index in [1.165, 1.54) is 4.88 Å². The van der Waals surface area contributed by atoms with Gasteiger partial charge in [-0.3, -0.25) is 0 Å². The van der Waals surface area contributed by atoms with E-state index in [0.29, 0.717) is 6.54 Å². The summed E-state index contributed by atoms with van der Waals surface area (Å²) >= 11 is 1.68. The molecule has 92 valence electrons. The maximum atomic E-state index is 9.17. The van der Waals surface area contributed by atoms with Gasteiger partial charge in [-0.2, -0.15) is 0 Å². The second kappa shape index (κ2) is 4.53. The molecular weight excluding hydrogens is 246 g/mol. The molecule has 0 bridgehead atoms. The summed E-state index contributed by atoms with van der Waals surface area (Å²) in [5.74, 6) is 0. The van der Waals surface area contributed by atoms with Crippen molar-refractivity contribution in [3.63, 3.8) is 0 Å². The molecule has 0 unspecified atom stereocenters. The van der Waals surface area contributed by atoms with Crippen molar-refractivity contribution in [2.75, 3.05) is 0 Å². The highest BCUT2D eigenvalue weighted by Gasteiger charge is 2.09. The van der Waals surface area contributed by atoms with E-state index in [9.17, 15) is 5.11 Å². The van der Waals surface area contributed by atoms with Crippen LogP contribution in [-0.4, -0.2) is 15.1 Å². The minimum atomic E-state index is 0.00600. The van der Waals surface area contributed by atoms with Gasteiger partial charge in [0, 0.05) is 39.6 Å². The quantitative estimate of drug-likeness (QED) is 0.675. The molecule has 3 rings (SSSR count). The molecule has 0 spiro atoms. The number of aromatic nitrogens is 2. The third kappa shape index (κ3) is 1.82. The van der Waals surface area contributed by atoms with Crippen molar-refractivity contribution in [3.8, 4) is 10.4 Å². The number of fused-ring (bicyclic) bond motifs is 1. The second-order valence-corrected chi connectivity index (χ2v) is 5.24. The molecule has 5 heteroatoms. The van der Waals surface area contributed by atoms with Crippen molar-refractivity contribution in [1.29, 1.82) is 0 Å². The summed E-state index contributed by atoms with van der Waals surface area (Å²) in [4.78, 5) is 9.76. The zero-order valence-corrected chi connectivity index (χ0v) is 10.5. The molecule has 0 saturated carbocycles. The minimum absolute atomic E-state index is 0.00600. The smallest absolute Gasteiger partial charge is 0.137 e. The average Bonchev–Trinajstić information content (AvgIpc) is 3.03. The van der Waals surface area contributed by atoms with Crippen molar-refractivity contribution in [2.45, 2.75) is 13.2 Å². The number of aromatic amines is 1. The molecule has 4 nitrogen and oxygen atoms in total. The van der Waals surface area contributed by atoms with E-state index in [1.807, 2.05) is 18.3 Å². The number of nitrogens with two attached hydrogens (primary N) is 1. The predicted molar refractivity (Wildman–Crippen MR) is 73.2 cm³/mol. The van der Waals surface area contributed by atoms with Crippen LogP contribution in [0.5, 0.6) is 0 Å². The molecular formula is C13H13N3OS. The molecule has 18 heavy (non-hydrogen) atoms. The summed E-state index contributed by atoms with van der Waals surface area (Å²) in [6, 6.07) is 6.08. The van der Waals surface area contributed by atoms with Gasteiger partial charge in [0.25, 0.3) is 0 Å². The first-order valence-corrected chi connectivity index (χ1v) is 6.49. The van der Waals surface area contributed by atoms with E-state index >= 15 is 0 Å². The van der Waals surface area contributed by atoms with Gasteiger partial charge < -0.3 is 15.8 Å². The first-order valence-electron chi connectivity index (χ1n) is 5.68. The summed E-state index contributed by atoms with van der Waals surface area (Å²) < 4.78 is 0. The molecule has 0 aliphatic rings. The highest BCUT2D eigenvalue weighted by atomic mass is 32.1. The van der Waals surface area contributed by atoms with Crippen molar-refractivity contribution < 1.29 is 5.11 Å². The van der Waals surface area contributed by atoms with Gasteiger partial charge in [0.05, 0.1) is 6.61 Å². The summed E-state index contributed by atoms with van der Waals surface area (Å²) in [6.07, 6.45) is 3.63. The number of pyridine rings is 1. The van der Waals surface area contributed by atoms with E-state index in [0.717, 1.165) is 27.0 Å². The van der Waals surface area contributed by atoms with Crippen LogP contribution >= 0.6 is 11.3 Å². The van der Waals surface area contributed by atoms with Crippen LogP contribution in [0, 0.1) is 0 Å². The standard InChI is InChI=1S/C13H13N3OS/c14-4-9-1-2-12(18-9)11-6-16-13-10(11)3-8(7-17)5-15-13/h1-3,5-6,17H,4,7,14H2,(H,15,16). The van der Waals surface area contributed by atoms with Gasteiger partial charge in [-0.15, -0.1) is 11.3 Å². The SMILES string of the molecule is NCc1ccc(-c2c[nH]c3ncc(CO)cc23)s1. The Morgan fingerprint density at radius 3 is 3.00 bits per heavy atom. The van der Waals surface area contributed by atoms with E-state index < -0.39 is 0 Å². The zero-order chi connectivity index (χ0) is 12.5. The maximum Gasteiger partial charge on any atom is 0.137 e. The highest BCUT2D eigenvalue weighted by molar-refractivity contribution is 7.15. The number of nitrogens with one attached hydrogen (secondary N) is 1. The number of hydrogen-bond acceptors (Lipinski definition) is 4. The van der Waals surface area contributed by atoms with Crippen molar-refractivity contribution >= 4 is 22.4 Å². The van der Waals surface area contributed by atoms with Gasteiger partial charge >= 0.3 is 0 Å². The van der Waals surface area contributed by atoms with Crippen LogP contribution in [0.2, 0.25) is 0 Å². The number of rotatable bonds is 3. The van der Waals surface area contributed by atoms with Crippen LogP contribution in [0.25, 0.3) is 21.5 Å². The number of nitrogens with zero attached hydrogens (tertiary/aromatic N) is 1. The van der Waals surface area contributed by atoms with E-state index in [4.69, 9.17) is 5.73 Å². The van der Waals surface area contributed by atoms with Crippen LogP contribution in [0.1, 0.15) is 10.4 Å². The fourth-order valence-electron chi connectivity index (χ4n) is 1.97. The lowest BCUT2D eigenvalue weighted by Crippen LogP contribution is -1.90. The largest absolute Gasteiger partial charge is 0.392 e. The number of hydrogen-bond donors (Lipinski definition) is 3. The fourth-order valence-corrected chi connectivity index (χ4v) is 2.89. The van der Waals surface area contributed by atoms with Gasteiger partial charge in [-0.25, -0.2) is 4.98 Å². The van der Waals surface area contributed by atoms with Crippen LogP contribution in [0.4, 0.5) is 0 Å².